The molecule has 6 nitrogen and oxygen atoms in total. The minimum atomic E-state index is -0.297. The topological polar surface area (TPSA) is 76.1 Å². The molecule has 0 spiro atoms. The molecular formula is C16H21ClN4O2. The smallest absolute Gasteiger partial charge is 0.302 e. The normalized spacial score (nSPS) is 9.70. The number of rotatable bonds is 6. The van der Waals surface area contributed by atoms with Crippen LogP contribution in [-0.2, 0) is 9.53 Å². The lowest BCUT2D eigenvalue weighted by Crippen LogP contribution is -2.14. The van der Waals surface area contributed by atoms with E-state index in [4.69, 9.17) is 4.74 Å². The zero-order chi connectivity index (χ0) is 15.9. The van der Waals surface area contributed by atoms with Crippen LogP contribution >= 0.6 is 12.4 Å². The Bertz CT molecular complexity index is 664. The van der Waals surface area contributed by atoms with Crippen molar-refractivity contribution in [2.24, 2.45) is 0 Å². The van der Waals surface area contributed by atoms with E-state index in [1.807, 2.05) is 44.2 Å². The highest BCUT2D eigenvalue weighted by Gasteiger charge is 2.03. The first kappa shape index (κ1) is 18.7. The zero-order valence-electron chi connectivity index (χ0n) is 13.4. The zero-order valence-corrected chi connectivity index (χ0v) is 14.2. The van der Waals surface area contributed by atoms with Gasteiger partial charge in [0.1, 0.15) is 12.4 Å². The SMILES string of the molecule is CC(=O)OCCNc1nc(C)cc(Nc2cccc(C)c2)n1.Cl. The predicted octanol–water partition coefficient (Wildman–Crippen LogP) is 3.23. The van der Waals surface area contributed by atoms with E-state index in [-0.39, 0.29) is 25.0 Å². The standard InChI is InChI=1S/C16H20N4O2.ClH/c1-11-5-4-6-14(9-11)19-15-10-12(2)18-16(20-15)17-7-8-22-13(3)21;/h4-6,9-10H,7-8H2,1-3H3,(H2,17,18,19,20);1H. The Labute approximate surface area is 142 Å². The molecule has 2 aromatic rings. The lowest BCUT2D eigenvalue weighted by molar-refractivity contribution is -0.140. The lowest BCUT2D eigenvalue weighted by atomic mass is 10.2. The van der Waals surface area contributed by atoms with Crippen molar-refractivity contribution < 1.29 is 9.53 Å². The second kappa shape index (κ2) is 8.95. The van der Waals surface area contributed by atoms with Crippen LogP contribution in [0, 0.1) is 13.8 Å². The van der Waals surface area contributed by atoms with E-state index in [2.05, 4.69) is 20.6 Å². The quantitative estimate of drug-likeness (QED) is 0.623. The summed E-state index contributed by atoms with van der Waals surface area (Å²) >= 11 is 0. The summed E-state index contributed by atoms with van der Waals surface area (Å²) in [6, 6.07) is 9.94. The predicted molar refractivity (Wildman–Crippen MR) is 93.6 cm³/mol. The second-order valence-corrected chi connectivity index (χ2v) is 4.98. The fraction of sp³-hybridized carbons (Fsp3) is 0.312. The monoisotopic (exact) mass is 336 g/mol. The van der Waals surface area contributed by atoms with Crippen LogP contribution in [0.25, 0.3) is 0 Å². The number of benzene rings is 1. The molecule has 0 saturated carbocycles. The molecule has 124 valence electrons. The van der Waals surface area contributed by atoms with Gasteiger partial charge in [-0.15, -0.1) is 12.4 Å². The maximum Gasteiger partial charge on any atom is 0.302 e. The summed E-state index contributed by atoms with van der Waals surface area (Å²) in [5.74, 6) is 0.921. The van der Waals surface area contributed by atoms with Crippen molar-refractivity contribution in [2.45, 2.75) is 20.8 Å². The first-order valence-electron chi connectivity index (χ1n) is 7.09. The van der Waals surface area contributed by atoms with Crippen LogP contribution < -0.4 is 10.6 Å². The highest BCUT2D eigenvalue weighted by molar-refractivity contribution is 5.85. The third-order valence-corrected chi connectivity index (χ3v) is 2.84. The van der Waals surface area contributed by atoms with Crippen LogP contribution in [-0.4, -0.2) is 29.1 Å². The summed E-state index contributed by atoms with van der Waals surface area (Å²) in [4.78, 5) is 19.4. The molecule has 0 radical (unpaired) electrons. The fourth-order valence-corrected chi connectivity index (χ4v) is 1.94. The average Bonchev–Trinajstić information content (AvgIpc) is 2.43. The van der Waals surface area contributed by atoms with E-state index in [1.54, 1.807) is 0 Å². The number of halogens is 1. The van der Waals surface area contributed by atoms with Crippen LogP contribution in [0.15, 0.2) is 30.3 Å². The largest absolute Gasteiger partial charge is 0.464 e. The summed E-state index contributed by atoms with van der Waals surface area (Å²) in [6.07, 6.45) is 0. The molecule has 0 saturated heterocycles. The lowest BCUT2D eigenvalue weighted by Gasteiger charge is -2.10. The van der Waals surface area contributed by atoms with Crippen molar-refractivity contribution in [1.82, 2.24) is 9.97 Å². The molecule has 0 aliphatic rings. The number of esters is 1. The molecule has 1 aromatic heterocycles. The molecule has 0 atom stereocenters. The molecule has 0 unspecified atom stereocenters. The van der Waals surface area contributed by atoms with Gasteiger partial charge in [-0.2, -0.15) is 4.98 Å². The first-order valence-corrected chi connectivity index (χ1v) is 7.09. The van der Waals surface area contributed by atoms with Crippen molar-refractivity contribution in [3.8, 4) is 0 Å². The number of hydrogen-bond acceptors (Lipinski definition) is 6. The Morgan fingerprint density at radius 2 is 2.00 bits per heavy atom. The molecule has 0 aliphatic heterocycles. The number of ether oxygens (including phenoxy) is 1. The highest BCUT2D eigenvalue weighted by atomic mass is 35.5. The van der Waals surface area contributed by atoms with Crippen molar-refractivity contribution in [3.63, 3.8) is 0 Å². The van der Waals surface area contributed by atoms with Gasteiger partial charge in [0.15, 0.2) is 0 Å². The van der Waals surface area contributed by atoms with E-state index in [0.29, 0.717) is 18.3 Å². The molecule has 0 amide bonds. The number of hydrogen-bond donors (Lipinski definition) is 2. The summed E-state index contributed by atoms with van der Waals surface area (Å²) in [5.41, 5.74) is 3.00. The van der Waals surface area contributed by atoms with E-state index in [1.165, 1.54) is 12.5 Å². The summed E-state index contributed by atoms with van der Waals surface area (Å²) < 4.78 is 4.86. The number of carbonyl (C=O) groups excluding carboxylic acids is 1. The molecule has 2 N–H and O–H groups in total. The second-order valence-electron chi connectivity index (χ2n) is 4.98. The van der Waals surface area contributed by atoms with Gasteiger partial charge in [-0.1, -0.05) is 12.1 Å². The maximum atomic E-state index is 10.7. The molecular weight excluding hydrogens is 316 g/mol. The minimum Gasteiger partial charge on any atom is -0.464 e. The first-order chi connectivity index (χ1) is 10.5. The number of carbonyl (C=O) groups is 1. The van der Waals surface area contributed by atoms with E-state index in [9.17, 15) is 4.79 Å². The van der Waals surface area contributed by atoms with Gasteiger partial charge in [0, 0.05) is 24.4 Å². The number of nitrogens with one attached hydrogen (secondary N) is 2. The van der Waals surface area contributed by atoms with Crippen LogP contribution in [0.4, 0.5) is 17.5 Å². The Kier molecular flexibility index (Phi) is 7.28. The molecule has 0 fully saturated rings. The maximum absolute atomic E-state index is 10.7. The molecule has 7 heteroatoms. The number of aryl methyl sites for hydroxylation is 2. The molecule has 23 heavy (non-hydrogen) atoms. The van der Waals surface area contributed by atoms with Crippen LogP contribution in [0.3, 0.4) is 0 Å². The van der Waals surface area contributed by atoms with Crippen LogP contribution in [0.2, 0.25) is 0 Å². The van der Waals surface area contributed by atoms with Gasteiger partial charge >= 0.3 is 5.97 Å². The molecule has 2 rings (SSSR count). The number of aromatic nitrogens is 2. The Hall–Kier alpha value is -2.34. The third kappa shape index (κ3) is 6.52. The van der Waals surface area contributed by atoms with Gasteiger partial charge in [-0.3, -0.25) is 4.79 Å². The third-order valence-electron chi connectivity index (χ3n) is 2.84. The minimum absolute atomic E-state index is 0. The van der Waals surface area contributed by atoms with Gasteiger partial charge in [0.25, 0.3) is 0 Å². The van der Waals surface area contributed by atoms with Gasteiger partial charge < -0.3 is 15.4 Å². The molecule has 0 bridgehead atoms. The van der Waals surface area contributed by atoms with Gasteiger partial charge in [0.2, 0.25) is 5.95 Å². The number of anilines is 3. The molecule has 1 heterocycles. The van der Waals surface area contributed by atoms with Crippen molar-refractivity contribution in [2.75, 3.05) is 23.8 Å². The highest BCUT2D eigenvalue weighted by Crippen LogP contribution is 2.17. The Balaban J connectivity index is 0.00000264. The van der Waals surface area contributed by atoms with Crippen molar-refractivity contribution in [3.05, 3.63) is 41.6 Å². The Morgan fingerprint density at radius 1 is 1.22 bits per heavy atom. The van der Waals surface area contributed by atoms with Gasteiger partial charge in [-0.05, 0) is 31.5 Å². The summed E-state index contributed by atoms with van der Waals surface area (Å²) in [5, 5.41) is 6.30. The summed E-state index contributed by atoms with van der Waals surface area (Å²) in [6.45, 7) is 6.08. The van der Waals surface area contributed by atoms with E-state index >= 15 is 0 Å². The molecule has 0 aliphatic carbocycles. The Morgan fingerprint density at radius 3 is 2.70 bits per heavy atom. The van der Waals surface area contributed by atoms with Crippen molar-refractivity contribution in [1.29, 1.82) is 0 Å². The number of nitrogens with zero attached hydrogens (tertiary/aromatic N) is 2. The van der Waals surface area contributed by atoms with Gasteiger partial charge in [-0.25, -0.2) is 4.98 Å². The van der Waals surface area contributed by atoms with Gasteiger partial charge in [0.05, 0.1) is 6.54 Å². The van der Waals surface area contributed by atoms with Crippen LogP contribution in [0.1, 0.15) is 18.2 Å². The van der Waals surface area contributed by atoms with E-state index < -0.39 is 0 Å². The average molecular weight is 337 g/mol. The fourth-order valence-electron chi connectivity index (χ4n) is 1.94. The summed E-state index contributed by atoms with van der Waals surface area (Å²) in [7, 11) is 0. The van der Waals surface area contributed by atoms with E-state index in [0.717, 1.165) is 11.4 Å². The van der Waals surface area contributed by atoms with Crippen molar-refractivity contribution >= 4 is 35.8 Å². The van der Waals surface area contributed by atoms with Crippen LogP contribution in [0.5, 0.6) is 0 Å². The molecule has 1 aromatic carbocycles.